The third-order valence-corrected chi connectivity index (χ3v) is 18.4. The largest absolute Gasteiger partial charge is 0.756 e. The lowest BCUT2D eigenvalue weighted by Gasteiger charge is -2.27. The normalized spacial score (nSPS) is 20.7. The fourth-order valence-electron chi connectivity index (χ4n) is 4.06. The number of hydrogen-bond acceptors (Lipinski definition) is 45. The molecule has 5 N–H and O–H groups in total. The number of aliphatic hydroxyl groups excluding tert-OH is 1. The zero-order valence-electron chi connectivity index (χ0n) is 51.7. The Morgan fingerprint density at radius 1 is 0.240 bits per heavy atom. The first kappa shape index (κ1) is 107. The minimum Gasteiger partial charge on any atom is -0.756 e. The number of phosphoric ester groups is 12. The maximum absolute atomic E-state index is 12.8. The van der Waals surface area contributed by atoms with E-state index in [4.69, 9.17) is 24.7 Å². The fourth-order valence-corrected chi connectivity index (χ4v) is 11.4. The van der Waals surface area contributed by atoms with Crippen LogP contribution in [0.3, 0.4) is 0 Å². The molecule has 17 unspecified atom stereocenters. The SMILES string of the molecule is CC(CF)COP(=O)([O-])OCCOP(=O)([O-])O.CC(CF)COP(=O)([O-])OCCOP(=O)([O-])O.CC(CF)COP(=O)([O-])OCCOP(=O)([O-])O.O=P([O-])(O)OCC(CF)COP(=O)([O-])OCCOP(=O)([O-])OCCOP(=O)([O-])OCCOP(=O)([O-])OCCOP(=O)([O-])OCC(CO)CF. The molecule has 0 aromatic heterocycles. The first-order chi connectivity index (χ1) is 45.4. The number of rotatable bonds is 59. The quantitative estimate of drug-likeness (QED) is 0.0219. The molecule has 0 bridgehead atoms. The van der Waals surface area contributed by atoms with Gasteiger partial charge in [-0.05, 0) is 0 Å². The summed E-state index contributed by atoms with van der Waals surface area (Å²) in [5, 5.41) is 8.76. The highest BCUT2D eigenvalue weighted by Crippen LogP contribution is 2.46. The van der Waals surface area contributed by atoms with Crippen LogP contribution in [0.5, 0.6) is 0 Å². The minimum atomic E-state index is -5.21. The molecule has 0 spiro atoms. The molecule has 100 heavy (non-hydrogen) atoms. The summed E-state index contributed by atoms with van der Waals surface area (Å²) in [7, 11) is -59.4. The molecular weight excluding hydrogens is 1660 g/mol. The van der Waals surface area contributed by atoms with Gasteiger partial charge in [0.15, 0.2) is 0 Å². The van der Waals surface area contributed by atoms with E-state index in [-0.39, 0.29) is 19.8 Å². The van der Waals surface area contributed by atoms with Crippen molar-refractivity contribution in [2.24, 2.45) is 29.6 Å². The Balaban J connectivity index is -0.000000729. The van der Waals surface area contributed by atoms with Crippen LogP contribution in [-0.2, 0) is 145 Å². The second kappa shape index (κ2) is 54.5. The topological polar surface area (TPSA) is 767 Å². The Hall–Kier alpha value is 0.930. The van der Waals surface area contributed by atoms with Crippen LogP contribution in [0, 0.1) is 29.6 Å². The van der Waals surface area contributed by atoms with Crippen molar-refractivity contribution >= 4 is 93.9 Å². The van der Waals surface area contributed by atoms with Gasteiger partial charge in [-0.2, -0.15) is 0 Å². The van der Waals surface area contributed by atoms with E-state index in [0.29, 0.717) is 0 Å². The van der Waals surface area contributed by atoms with Crippen LogP contribution in [-0.4, -0.2) is 197 Å². The molecule has 608 valence electrons. The van der Waals surface area contributed by atoms with Crippen molar-refractivity contribution < 1.29 is 251 Å². The van der Waals surface area contributed by atoms with Gasteiger partial charge in [0.1, 0.15) is 0 Å². The van der Waals surface area contributed by atoms with Crippen LogP contribution >= 0.6 is 93.9 Å². The van der Waals surface area contributed by atoms with Gasteiger partial charge >= 0.3 is 0 Å². The third-order valence-electron chi connectivity index (χ3n) is 8.54. The molecule has 0 aliphatic carbocycles. The number of hydrogen-bond donors (Lipinski definition) is 5. The standard InChI is InChI=1S/C16H38F2O25P6.3C6H15FO8P2/c17-9-15(11-19)12-42-48(29,30)39-7-5-37-46(25,26)35-3-1-33-45(23,24)34-2-4-36-47(27,28)38-6-8-40-49(31,32)43-14-16(10-18)13-41-44(20,21)22;3*1-6(4-7)5-15-17(11,12)14-3-2-13-16(8,9)10/h15-16,19H,1-14H2,(H,23,24)(H,25,26)(H,27,28)(H,29,30)(H,31,32)(H2,20,21,22);3*6H,2-5H2,1H3,(H,11,12)(H2,8,9,10)/p-12. The molecule has 0 rings (SSSR count). The Morgan fingerprint density at radius 3 is 0.550 bits per heavy atom. The smallest absolute Gasteiger partial charge is 0.268 e. The highest BCUT2D eigenvalue weighted by molar-refractivity contribution is 7.48. The van der Waals surface area contributed by atoms with E-state index in [9.17, 15) is 135 Å². The second-order valence-corrected chi connectivity index (χ2v) is 34.0. The van der Waals surface area contributed by atoms with Gasteiger partial charge in [0.05, 0.1) is 172 Å². The van der Waals surface area contributed by atoms with Gasteiger partial charge in [-0.3, -0.25) is 76.7 Å². The molecular formula is C34H71F5O49P12-12. The fraction of sp³-hybridized carbons (Fsp3) is 1.00. The van der Waals surface area contributed by atoms with Gasteiger partial charge in [0.25, 0.3) is 93.9 Å². The summed E-state index contributed by atoms with van der Waals surface area (Å²) < 4.78 is 276. The van der Waals surface area contributed by atoms with Crippen LogP contribution in [0.1, 0.15) is 20.8 Å². The molecule has 0 saturated heterocycles. The van der Waals surface area contributed by atoms with E-state index < -0.39 is 276 Å². The Labute approximate surface area is 565 Å². The Kier molecular flexibility index (Phi) is 58.5. The minimum absolute atomic E-state index is 0.377. The van der Waals surface area contributed by atoms with Crippen molar-refractivity contribution in [2.75, 3.05) is 172 Å². The number of halogens is 5. The van der Waals surface area contributed by atoms with Gasteiger partial charge in [-0.15, -0.1) is 0 Å². The maximum Gasteiger partial charge on any atom is 0.268 e. The monoisotopic (exact) mass is 1730 g/mol. The Bertz CT molecular complexity index is 2630. The van der Waals surface area contributed by atoms with E-state index in [0.717, 1.165) is 0 Å². The molecule has 66 heteroatoms. The van der Waals surface area contributed by atoms with Gasteiger partial charge in [-0.1, -0.05) is 20.8 Å². The molecule has 0 saturated carbocycles. The molecule has 17 atom stereocenters. The molecule has 0 aliphatic rings. The molecule has 0 aromatic carbocycles. The van der Waals surface area contributed by atoms with Crippen LogP contribution in [0.25, 0.3) is 0 Å². The highest BCUT2D eigenvalue weighted by atomic mass is 31.2. The van der Waals surface area contributed by atoms with Crippen LogP contribution in [0.2, 0.25) is 0 Å². The average molecular weight is 1730 g/mol. The highest BCUT2D eigenvalue weighted by Gasteiger charge is 2.22. The van der Waals surface area contributed by atoms with Crippen molar-refractivity contribution in [3.63, 3.8) is 0 Å². The van der Waals surface area contributed by atoms with Crippen molar-refractivity contribution in [3.05, 3.63) is 0 Å². The second-order valence-electron chi connectivity index (χ2n) is 17.9. The summed E-state index contributed by atoms with van der Waals surface area (Å²) >= 11 is 0. The van der Waals surface area contributed by atoms with Gasteiger partial charge in [0.2, 0.25) is 0 Å². The van der Waals surface area contributed by atoms with Gasteiger partial charge in [0, 0.05) is 29.6 Å². The third kappa shape index (κ3) is 75.7. The first-order valence-corrected chi connectivity index (χ1v) is 44.1. The molecule has 0 amide bonds. The maximum atomic E-state index is 12.8. The summed E-state index contributed by atoms with van der Waals surface area (Å²) in [5.41, 5.74) is 0. The van der Waals surface area contributed by atoms with Crippen molar-refractivity contribution in [1.82, 2.24) is 0 Å². The van der Waals surface area contributed by atoms with Crippen LogP contribution in [0.4, 0.5) is 22.0 Å². The molecule has 0 radical (unpaired) electrons. The van der Waals surface area contributed by atoms with Crippen molar-refractivity contribution in [2.45, 2.75) is 20.8 Å². The predicted octanol–water partition coefficient (Wildman–Crippen LogP) is -4.15. The lowest BCUT2D eigenvalue weighted by atomic mass is 10.2. The van der Waals surface area contributed by atoms with Crippen molar-refractivity contribution in [1.29, 1.82) is 0 Å². The molecule has 0 aliphatic heterocycles. The molecule has 0 aromatic rings. The van der Waals surface area contributed by atoms with E-state index >= 15 is 0 Å². The zero-order valence-corrected chi connectivity index (χ0v) is 62.5. The Morgan fingerprint density at radius 2 is 0.390 bits per heavy atom. The molecule has 0 heterocycles. The van der Waals surface area contributed by atoms with E-state index in [1.165, 1.54) is 20.8 Å². The van der Waals surface area contributed by atoms with E-state index in [1.807, 2.05) is 0 Å². The number of alkyl halides is 5. The summed E-state index contributed by atoms with van der Waals surface area (Å²) in [5.74, 6) is -4.39. The summed E-state index contributed by atoms with van der Waals surface area (Å²) in [4.78, 5) is 165. The predicted molar refractivity (Wildman–Crippen MR) is 291 cm³/mol. The van der Waals surface area contributed by atoms with E-state index in [1.54, 1.807) is 0 Å². The average Bonchev–Trinajstić information content (AvgIpc) is 0.949. The lowest BCUT2D eigenvalue weighted by molar-refractivity contribution is -0.238. The lowest BCUT2D eigenvalue weighted by Crippen LogP contribution is -2.21. The number of phosphoric acid groups is 12. The summed E-state index contributed by atoms with van der Waals surface area (Å²) in [6.07, 6.45) is 0. The first-order valence-electron chi connectivity index (χ1n) is 26.4. The van der Waals surface area contributed by atoms with Crippen molar-refractivity contribution in [3.8, 4) is 0 Å². The molecule has 49 nitrogen and oxygen atoms in total. The van der Waals surface area contributed by atoms with Crippen LogP contribution in [0.15, 0.2) is 0 Å². The summed E-state index contributed by atoms with van der Waals surface area (Å²) in [6.45, 7) is -16.5. The van der Waals surface area contributed by atoms with Crippen LogP contribution < -0.4 is 58.7 Å². The van der Waals surface area contributed by atoms with Gasteiger partial charge in [-0.25, -0.2) is 0 Å². The zero-order chi connectivity index (χ0) is 78.4. The summed E-state index contributed by atoms with van der Waals surface area (Å²) in [6, 6.07) is 0. The van der Waals surface area contributed by atoms with E-state index in [2.05, 4.69) is 90.5 Å². The molecule has 0 fully saturated rings. The van der Waals surface area contributed by atoms with Gasteiger partial charge < -0.3 is 174 Å². The number of aliphatic hydroxyl groups is 1.